The lowest BCUT2D eigenvalue weighted by atomic mass is 10.1. The fraction of sp³-hybridized carbons (Fsp3) is 0.500. The Labute approximate surface area is 161 Å². The molecule has 4 rings (SSSR count). The van der Waals surface area contributed by atoms with Crippen molar-refractivity contribution in [1.82, 2.24) is 24.7 Å². The van der Waals surface area contributed by atoms with Gasteiger partial charge in [0.25, 0.3) is 0 Å². The second-order valence-electron chi connectivity index (χ2n) is 6.54. The van der Waals surface area contributed by atoms with E-state index in [1.807, 2.05) is 11.6 Å². The zero-order chi connectivity index (χ0) is 19.0. The van der Waals surface area contributed by atoms with Gasteiger partial charge in [-0.05, 0) is 25.8 Å². The number of nitrogens with zero attached hydrogens (tertiary/aromatic N) is 5. The van der Waals surface area contributed by atoms with Crippen molar-refractivity contribution in [3.63, 3.8) is 0 Å². The van der Waals surface area contributed by atoms with Crippen LogP contribution in [0.1, 0.15) is 47.2 Å². The molecule has 0 radical (unpaired) electrons. The molecule has 0 saturated heterocycles. The van der Waals surface area contributed by atoms with Gasteiger partial charge in [-0.1, -0.05) is 6.92 Å². The molecule has 4 heterocycles. The van der Waals surface area contributed by atoms with E-state index in [0.29, 0.717) is 11.5 Å². The van der Waals surface area contributed by atoms with E-state index in [1.54, 1.807) is 6.92 Å². The third kappa shape index (κ3) is 3.27. The molecule has 27 heavy (non-hydrogen) atoms. The van der Waals surface area contributed by atoms with E-state index < -0.39 is 0 Å². The topological polar surface area (TPSA) is 94.8 Å². The lowest BCUT2D eigenvalue weighted by Crippen LogP contribution is -2.32. The molecule has 1 unspecified atom stereocenters. The second kappa shape index (κ2) is 7.22. The molecule has 0 amide bonds. The number of aromatic nitrogens is 5. The van der Waals surface area contributed by atoms with Gasteiger partial charge < -0.3 is 10.1 Å². The van der Waals surface area contributed by atoms with Crippen molar-refractivity contribution in [2.24, 2.45) is 0 Å². The first-order valence-electron chi connectivity index (χ1n) is 9.21. The number of anilines is 1. The molecule has 142 valence electrons. The van der Waals surface area contributed by atoms with Crippen LogP contribution >= 0.6 is 11.3 Å². The summed E-state index contributed by atoms with van der Waals surface area (Å²) in [6, 6.07) is 0.201. The zero-order valence-corrected chi connectivity index (χ0v) is 16.5. The number of hydrogen-bond donors (Lipinski definition) is 1. The van der Waals surface area contributed by atoms with Crippen LogP contribution in [0.4, 0.5) is 5.82 Å². The number of thiophene rings is 1. The van der Waals surface area contributed by atoms with Crippen molar-refractivity contribution in [1.29, 1.82) is 0 Å². The van der Waals surface area contributed by atoms with Crippen molar-refractivity contribution in [2.75, 3.05) is 11.9 Å². The van der Waals surface area contributed by atoms with Gasteiger partial charge in [-0.2, -0.15) is 5.10 Å². The van der Waals surface area contributed by atoms with Gasteiger partial charge in [-0.25, -0.2) is 24.4 Å². The lowest BCUT2D eigenvalue weighted by molar-refractivity contribution is 0.0531. The predicted octanol–water partition coefficient (Wildman–Crippen LogP) is 2.76. The fourth-order valence-electron chi connectivity index (χ4n) is 3.39. The molecule has 1 N–H and O–H groups in total. The number of aryl methyl sites for hydroxylation is 3. The molecular formula is C18H22N6O2S. The summed E-state index contributed by atoms with van der Waals surface area (Å²) in [7, 11) is 0. The molecule has 3 aromatic heterocycles. The van der Waals surface area contributed by atoms with E-state index in [1.165, 1.54) is 17.7 Å². The molecule has 9 heteroatoms. The summed E-state index contributed by atoms with van der Waals surface area (Å²) in [5, 5.41) is 8.99. The number of rotatable bonds is 5. The first kappa shape index (κ1) is 17.8. The summed E-state index contributed by atoms with van der Waals surface area (Å²) in [5.41, 5.74) is 0.863. The quantitative estimate of drug-likeness (QED) is 0.674. The highest BCUT2D eigenvalue weighted by Gasteiger charge is 2.24. The van der Waals surface area contributed by atoms with Crippen molar-refractivity contribution in [2.45, 2.75) is 52.6 Å². The van der Waals surface area contributed by atoms with Gasteiger partial charge in [-0.3, -0.25) is 0 Å². The Bertz CT molecular complexity index is 995. The Morgan fingerprint density at radius 2 is 2.26 bits per heavy atom. The Hall–Kier alpha value is -2.55. The standard InChI is InChI=1S/C18H22N6O2S/c1-4-12-22-13-7-6-11(8-24(13)23-12)21-16-14-10(3)15(18(25)26-5-2)27-17(14)20-9-19-16/h9,11H,4-8H2,1-3H3,(H,19,20,21). The molecule has 0 aromatic carbocycles. The summed E-state index contributed by atoms with van der Waals surface area (Å²) in [4.78, 5) is 26.9. The molecule has 0 saturated carbocycles. The van der Waals surface area contributed by atoms with Crippen LogP contribution in [0.5, 0.6) is 0 Å². The Morgan fingerprint density at radius 3 is 3.04 bits per heavy atom. The average Bonchev–Trinajstić information content (AvgIpc) is 3.23. The normalized spacial score (nSPS) is 16.3. The fourth-order valence-corrected chi connectivity index (χ4v) is 4.44. The maximum atomic E-state index is 12.2. The van der Waals surface area contributed by atoms with Gasteiger partial charge >= 0.3 is 5.97 Å². The van der Waals surface area contributed by atoms with E-state index in [-0.39, 0.29) is 12.0 Å². The van der Waals surface area contributed by atoms with Crippen LogP contribution < -0.4 is 5.32 Å². The van der Waals surface area contributed by atoms with Crippen LogP contribution in [-0.2, 0) is 24.1 Å². The number of ether oxygens (including phenoxy) is 1. The number of carbonyl (C=O) groups is 1. The van der Waals surface area contributed by atoms with Gasteiger partial charge in [0.1, 0.15) is 27.7 Å². The lowest BCUT2D eigenvalue weighted by Gasteiger charge is -2.24. The smallest absolute Gasteiger partial charge is 0.348 e. The number of nitrogens with one attached hydrogen (secondary N) is 1. The Balaban J connectivity index is 1.61. The average molecular weight is 386 g/mol. The highest BCUT2D eigenvalue weighted by atomic mass is 32.1. The molecule has 1 aliphatic heterocycles. The van der Waals surface area contributed by atoms with Crippen LogP contribution in [0, 0.1) is 6.92 Å². The first-order chi connectivity index (χ1) is 13.1. The summed E-state index contributed by atoms with van der Waals surface area (Å²) < 4.78 is 7.15. The van der Waals surface area contributed by atoms with Crippen molar-refractivity contribution >= 4 is 33.3 Å². The van der Waals surface area contributed by atoms with Crippen LogP contribution in [0.3, 0.4) is 0 Å². The summed E-state index contributed by atoms with van der Waals surface area (Å²) in [6.07, 6.45) is 4.22. The van der Waals surface area contributed by atoms with E-state index in [4.69, 9.17) is 4.74 Å². The largest absolute Gasteiger partial charge is 0.462 e. The van der Waals surface area contributed by atoms with Gasteiger partial charge in [-0.15, -0.1) is 11.3 Å². The van der Waals surface area contributed by atoms with Gasteiger partial charge in [0.2, 0.25) is 0 Å². The molecule has 0 bridgehead atoms. The predicted molar refractivity (Wildman–Crippen MR) is 103 cm³/mol. The minimum atomic E-state index is -0.305. The van der Waals surface area contributed by atoms with Gasteiger partial charge in [0.15, 0.2) is 5.82 Å². The van der Waals surface area contributed by atoms with Crippen LogP contribution in [0.25, 0.3) is 10.2 Å². The second-order valence-corrected chi connectivity index (χ2v) is 7.54. The van der Waals surface area contributed by atoms with Crippen LogP contribution in [0.15, 0.2) is 6.33 Å². The van der Waals surface area contributed by atoms with Gasteiger partial charge in [0.05, 0.1) is 18.5 Å². The molecule has 1 aliphatic rings. The third-order valence-corrected chi connectivity index (χ3v) is 5.93. The van der Waals surface area contributed by atoms with E-state index in [0.717, 1.165) is 59.1 Å². The SMILES string of the molecule is CCOC(=O)c1sc2ncnc(NC3CCc4nc(CC)nn4C3)c2c1C. The third-order valence-electron chi connectivity index (χ3n) is 4.75. The van der Waals surface area contributed by atoms with Crippen LogP contribution in [0.2, 0.25) is 0 Å². The number of fused-ring (bicyclic) bond motifs is 2. The number of esters is 1. The summed E-state index contributed by atoms with van der Waals surface area (Å²) in [6.45, 7) is 6.89. The van der Waals surface area contributed by atoms with E-state index >= 15 is 0 Å². The molecule has 0 spiro atoms. The van der Waals surface area contributed by atoms with Crippen LogP contribution in [-0.4, -0.2) is 43.4 Å². The molecule has 0 aliphatic carbocycles. The molecular weight excluding hydrogens is 364 g/mol. The number of hydrogen-bond acceptors (Lipinski definition) is 8. The highest BCUT2D eigenvalue weighted by Crippen LogP contribution is 2.34. The van der Waals surface area contributed by atoms with Crippen molar-refractivity contribution in [3.05, 3.63) is 28.4 Å². The van der Waals surface area contributed by atoms with Crippen molar-refractivity contribution < 1.29 is 9.53 Å². The Kier molecular flexibility index (Phi) is 4.77. The molecule has 0 fully saturated rings. The summed E-state index contributed by atoms with van der Waals surface area (Å²) >= 11 is 1.35. The highest BCUT2D eigenvalue weighted by molar-refractivity contribution is 7.20. The minimum absolute atomic E-state index is 0.201. The first-order valence-corrected chi connectivity index (χ1v) is 10.0. The maximum Gasteiger partial charge on any atom is 0.348 e. The number of carbonyl (C=O) groups excluding carboxylic acids is 1. The Morgan fingerprint density at radius 1 is 1.41 bits per heavy atom. The molecule has 3 aromatic rings. The van der Waals surface area contributed by atoms with E-state index in [9.17, 15) is 4.79 Å². The molecule has 8 nitrogen and oxygen atoms in total. The maximum absolute atomic E-state index is 12.2. The zero-order valence-electron chi connectivity index (χ0n) is 15.7. The summed E-state index contributed by atoms with van der Waals surface area (Å²) in [5.74, 6) is 2.39. The van der Waals surface area contributed by atoms with Gasteiger partial charge in [0, 0.05) is 18.9 Å². The monoisotopic (exact) mass is 386 g/mol. The minimum Gasteiger partial charge on any atom is -0.462 e. The molecule has 1 atom stereocenters. The van der Waals surface area contributed by atoms with E-state index in [2.05, 4.69) is 32.3 Å². The van der Waals surface area contributed by atoms with Crippen molar-refractivity contribution in [3.8, 4) is 0 Å².